The molecule has 3 fully saturated rings. The second-order valence-electron chi connectivity index (χ2n) is 11.1. The summed E-state index contributed by atoms with van der Waals surface area (Å²) in [7, 11) is 0. The summed E-state index contributed by atoms with van der Waals surface area (Å²) in [5, 5.41) is 21.5. The third-order valence-electron chi connectivity index (χ3n) is 8.37. The van der Waals surface area contributed by atoms with E-state index in [1.807, 2.05) is 0 Å². The summed E-state index contributed by atoms with van der Waals surface area (Å²) in [5.74, 6) is 1.70. The number of aliphatic hydroxyl groups is 2. The van der Waals surface area contributed by atoms with Crippen LogP contribution in [0.5, 0.6) is 0 Å². The predicted molar refractivity (Wildman–Crippen MR) is 123 cm³/mol. The highest BCUT2D eigenvalue weighted by Crippen LogP contribution is 2.60. The first kappa shape index (κ1) is 22.8. The molecule has 3 saturated carbocycles. The summed E-state index contributed by atoms with van der Waals surface area (Å²) in [5.41, 5.74) is 3.66. The highest BCUT2D eigenvalue weighted by atomic mass is 16.3. The molecule has 3 aliphatic rings. The minimum Gasteiger partial charge on any atom is -0.393 e. The molecule has 0 spiro atoms. The summed E-state index contributed by atoms with van der Waals surface area (Å²) >= 11 is 0. The normalized spacial score (nSPS) is 37.9. The lowest BCUT2D eigenvalue weighted by atomic mass is 9.59. The maximum Gasteiger partial charge on any atom is 0.0653 e. The van der Waals surface area contributed by atoms with Gasteiger partial charge in [-0.1, -0.05) is 63.5 Å². The molecule has 0 saturated heterocycles. The van der Waals surface area contributed by atoms with Gasteiger partial charge in [0.25, 0.3) is 0 Å². The molecule has 0 heterocycles. The Balaban J connectivity index is 1.75. The maximum atomic E-state index is 11.4. The summed E-state index contributed by atoms with van der Waals surface area (Å²) in [6.45, 7) is 13.3. The van der Waals surface area contributed by atoms with E-state index in [-0.39, 0.29) is 11.5 Å². The number of hydrogen-bond acceptors (Lipinski definition) is 2. The zero-order valence-electron chi connectivity index (χ0n) is 19.3. The highest BCUT2D eigenvalue weighted by molar-refractivity contribution is 5.36. The zero-order valence-corrected chi connectivity index (χ0v) is 19.3. The summed E-state index contributed by atoms with van der Waals surface area (Å²) in [6, 6.07) is 0. The average Bonchev–Trinajstić information content (AvgIpc) is 3.00. The molecule has 0 amide bonds. The molecule has 29 heavy (non-hydrogen) atoms. The van der Waals surface area contributed by atoms with Crippen molar-refractivity contribution in [3.63, 3.8) is 0 Å². The molecule has 0 aromatic heterocycles. The number of aliphatic hydroxyl groups excluding tert-OH is 1. The summed E-state index contributed by atoms with van der Waals surface area (Å²) in [4.78, 5) is 0. The van der Waals surface area contributed by atoms with Crippen molar-refractivity contribution < 1.29 is 10.2 Å². The number of rotatable bonds is 6. The first-order valence-corrected chi connectivity index (χ1v) is 12.1. The first-order valence-electron chi connectivity index (χ1n) is 12.1. The van der Waals surface area contributed by atoms with E-state index in [2.05, 4.69) is 46.4 Å². The molecule has 0 bridgehead atoms. The van der Waals surface area contributed by atoms with Crippen LogP contribution in [0.3, 0.4) is 0 Å². The third-order valence-corrected chi connectivity index (χ3v) is 8.37. The van der Waals surface area contributed by atoms with E-state index in [4.69, 9.17) is 0 Å². The van der Waals surface area contributed by atoms with Crippen LogP contribution in [0.1, 0.15) is 98.3 Å². The predicted octanol–water partition coefficient (Wildman–Crippen LogP) is 6.73. The van der Waals surface area contributed by atoms with Crippen LogP contribution in [-0.4, -0.2) is 21.9 Å². The second kappa shape index (κ2) is 9.10. The lowest BCUT2D eigenvalue weighted by Gasteiger charge is -2.47. The molecule has 0 radical (unpaired) electrons. The van der Waals surface area contributed by atoms with Crippen molar-refractivity contribution in [2.45, 2.75) is 110 Å². The molecule has 2 heteroatoms. The Morgan fingerprint density at radius 2 is 1.97 bits per heavy atom. The van der Waals surface area contributed by atoms with Crippen molar-refractivity contribution in [3.8, 4) is 0 Å². The van der Waals surface area contributed by atoms with Crippen LogP contribution in [0.25, 0.3) is 0 Å². The van der Waals surface area contributed by atoms with Crippen LogP contribution in [0.4, 0.5) is 0 Å². The van der Waals surface area contributed by atoms with E-state index in [1.54, 1.807) is 5.57 Å². The molecule has 3 rings (SSSR count). The van der Waals surface area contributed by atoms with E-state index >= 15 is 0 Å². The van der Waals surface area contributed by atoms with Crippen LogP contribution in [0.2, 0.25) is 0 Å². The van der Waals surface area contributed by atoms with Crippen LogP contribution >= 0.6 is 0 Å². The molecular formula is C27H44O2. The van der Waals surface area contributed by atoms with E-state index in [9.17, 15) is 10.2 Å². The minimum atomic E-state index is -0.554. The lowest BCUT2D eigenvalue weighted by molar-refractivity contribution is -0.0657. The second-order valence-corrected chi connectivity index (χ2v) is 11.1. The standard InChI is InChI=1S/C27H44O2/c1-19(2)8-6-17-27(5,29)25-15-14-24-21(9-7-16-26(24,25)4)11-12-22-18-23(28)13-10-20(22)3/h11-12,19,23-25,28-29H,3,6-10,13-18H2,1-2,4-5H3/b21-11+,22-12-/t23-,24?,25-,26-,27-/m0/s1. The van der Waals surface area contributed by atoms with Crippen LogP contribution in [-0.2, 0) is 0 Å². The number of fused-ring (bicyclic) bond motifs is 1. The van der Waals surface area contributed by atoms with Crippen LogP contribution in [0.15, 0.2) is 35.5 Å². The van der Waals surface area contributed by atoms with Gasteiger partial charge in [-0.25, -0.2) is 0 Å². The number of hydrogen-bond donors (Lipinski definition) is 2. The van der Waals surface area contributed by atoms with Gasteiger partial charge in [0.15, 0.2) is 0 Å². The van der Waals surface area contributed by atoms with Crippen LogP contribution < -0.4 is 0 Å². The van der Waals surface area contributed by atoms with Gasteiger partial charge in [-0.15, -0.1) is 0 Å². The van der Waals surface area contributed by atoms with Gasteiger partial charge in [-0.05, 0) is 93.5 Å². The van der Waals surface area contributed by atoms with E-state index < -0.39 is 5.60 Å². The molecule has 2 nitrogen and oxygen atoms in total. The Morgan fingerprint density at radius 3 is 2.69 bits per heavy atom. The van der Waals surface area contributed by atoms with Gasteiger partial charge in [-0.3, -0.25) is 0 Å². The molecule has 0 aliphatic heterocycles. The van der Waals surface area contributed by atoms with Crippen molar-refractivity contribution in [1.82, 2.24) is 0 Å². The SMILES string of the molecule is C=C1CC[C@H](O)C/C1=C/C=C1\CCC[C@@]2(C)C1CC[C@@H]2[C@@](C)(O)CCCC(C)C. The van der Waals surface area contributed by atoms with Crippen molar-refractivity contribution in [3.05, 3.63) is 35.5 Å². The fraction of sp³-hybridized carbons (Fsp3) is 0.778. The fourth-order valence-corrected chi connectivity index (χ4v) is 6.70. The van der Waals surface area contributed by atoms with Gasteiger partial charge in [0.1, 0.15) is 0 Å². The molecule has 0 aromatic carbocycles. The topological polar surface area (TPSA) is 40.5 Å². The first-order chi connectivity index (χ1) is 13.6. The lowest BCUT2D eigenvalue weighted by Crippen LogP contribution is -2.45. The fourth-order valence-electron chi connectivity index (χ4n) is 6.70. The molecule has 164 valence electrons. The zero-order chi connectivity index (χ0) is 21.2. The van der Waals surface area contributed by atoms with Gasteiger partial charge in [0.05, 0.1) is 11.7 Å². The largest absolute Gasteiger partial charge is 0.393 e. The van der Waals surface area contributed by atoms with Gasteiger partial charge in [-0.2, -0.15) is 0 Å². The van der Waals surface area contributed by atoms with Crippen molar-refractivity contribution in [2.75, 3.05) is 0 Å². The molecule has 3 aliphatic carbocycles. The van der Waals surface area contributed by atoms with E-state index in [1.165, 1.54) is 43.3 Å². The smallest absolute Gasteiger partial charge is 0.0653 e. The Bertz CT molecular complexity index is 653. The van der Waals surface area contributed by atoms with E-state index in [0.717, 1.165) is 38.5 Å². The maximum absolute atomic E-state index is 11.4. The Kier molecular flexibility index (Phi) is 7.16. The van der Waals surface area contributed by atoms with Gasteiger partial charge < -0.3 is 10.2 Å². The summed E-state index contributed by atoms with van der Waals surface area (Å²) < 4.78 is 0. The van der Waals surface area contributed by atoms with Gasteiger partial charge in [0, 0.05) is 0 Å². The minimum absolute atomic E-state index is 0.210. The molecule has 0 aromatic rings. The number of allylic oxidation sites excluding steroid dienone is 4. The van der Waals surface area contributed by atoms with E-state index in [0.29, 0.717) is 17.8 Å². The van der Waals surface area contributed by atoms with Crippen molar-refractivity contribution in [2.24, 2.45) is 23.2 Å². The highest BCUT2D eigenvalue weighted by Gasteiger charge is 2.54. The monoisotopic (exact) mass is 400 g/mol. The molecular weight excluding hydrogens is 356 g/mol. The van der Waals surface area contributed by atoms with Gasteiger partial charge >= 0.3 is 0 Å². The molecule has 2 N–H and O–H groups in total. The summed E-state index contributed by atoms with van der Waals surface area (Å²) in [6.07, 6.45) is 16.2. The quantitative estimate of drug-likeness (QED) is 0.518. The van der Waals surface area contributed by atoms with Crippen LogP contribution in [0, 0.1) is 23.2 Å². The molecule has 5 atom stereocenters. The Morgan fingerprint density at radius 1 is 1.21 bits per heavy atom. The average molecular weight is 401 g/mol. The third kappa shape index (κ3) is 5.07. The molecule has 1 unspecified atom stereocenters. The van der Waals surface area contributed by atoms with Crippen molar-refractivity contribution in [1.29, 1.82) is 0 Å². The Labute approximate surface area is 179 Å². The van der Waals surface area contributed by atoms with Crippen molar-refractivity contribution >= 4 is 0 Å². The Hall–Kier alpha value is -0.860. The van der Waals surface area contributed by atoms with Gasteiger partial charge in [0.2, 0.25) is 0 Å².